The van der Waals surface area contributed by atoms with Crippen molar-refractivity contribution in [1.82, 2.24) is 4.90 Å². The van der Waals surface area contributed by atoms with Gasteiger partial charge in [-0.1, -0.05) is 17.7 Å². The van der Waals surface area contributed by atoms with Gasteiger partial charge in [-0.15, -0.1) is 0 Å². The number of aryl methyl sites for hydroxylation is 3. The Morgan fingerprint density at radius 2 is 1.79 bits per heavy atom. The van der Waals surface area contributed by atoms with Gasteiger partial charge in [0.15, 0.2) is 5.78 Å². The van der Waals surface area contributed by atoms with Gasteiger partial charge in [-0.3, -0.25) is 9.69 Å². The van der Waals surface area contributed by atoms with E-state index in [1.807, 2.05) is 25.8 Å². The van der Waals surface area contributed by atoms with Gasteiger partial charge >= 0.3 is 0 Å². The molecule has 3 nitrogen and oxygen atoms in total. The lowest BCUT2D eigenvalue weighted by Crippen LogP contribution is -2.37. The largest absolute Gasteiger partial charge is 0.383 e. The standard InChI is InChI=1S/C16H25NO2/c1-11-7-12(2)16(13(3)8-11)15(18)9-17(5)14(4)10-19-6/h7-8,14H,9-10H2,1-6H3. The number of benzene rings is 1. The van der Waals surface area contributed by atoms with Crippen molar-refractivity contribution in [3.8, 4) is 0 Å². The van der Waals surface area contributed by atoms with Crippen molar-refractivity contribution >= 4 is 5.78 Å². The van der Waals surface area contributed by atoms with Crippen LogP contribution in [0.3, 0.4) is 0 Å². The summed E-state index contributed by atoms with van der Waals surface area (Å²) in [7, 11) is 3.64. The SMILES string of the molecule is COCC(C)N(C)CC(=O)c1c(C)cc(C)cc1C. The highest BCUT2D eigenvalue weighted by Crippen LogP contribution is 2.17. The fourth-order valence-corrected chi connectivity index (χ4v) is 2.45. The van der Waals surface area contributed by atoms with E-state index in [0.29, 0.717) is 13.2 Å². The molecule has 1 aromatic rings. The number of methoxy groups -OCH3 is 1. The van der Waals surface area contributed by atoms with Crippen molar-refractivity contribution in [3.05, 3.63) is 34.4 Å². The Labute approximate surface area is 116 Å². The van der Waals surface area contributed by atoms with E-state index in [9.17, 15) is 4.79 Å². The highest BCUT2D eigenvalue weighted by Gasteiger charge is 2.17. The van der Waals surface area contributed by atoms with Gasteiger partial charge in [0.05, 0.1) is 13.2 Å². The van der Waals surface area contributed by atoms with Crippen molar-refractivity contribution in [2.45, 2.75) is 33.7 Å². The number of Topliss-reactive ketones (excluding diaryl/α,β-unsaturated/α-hetero) is 1. The Kier molecular flexibility index (Phi) is 5.70. The smallest absolute Gasteiger partial charge is 0.177 e. The molecule has 1 rings (SSSR count). The van der Waals surface area contributed by atoms with Crippen LogP contribution in [-0.4, -0.2) is 44.0 Å². The summed E-state index contributed by atoms with van der Waals surface area (Å²) in [6.07, 6.45) is 0. The number of likely N-dealkylation sites (N-methyl/N-ethyl adjacent to an activating group) is 1. The topological polar surface area (TPSA) is 29.5 Å². The Hall–Kier alpha value is -1.19. The molecule has 0 N–H and O–H groups in total. The second kappa shape index (κ2) is 6.83. The number of carbonyl (C=O) groups is 1. The van der Waals surface area contributed by atoms with E-state index in [4.69, 9.17) is 4.74 Å². The summed E-state index contributed by atoms with van der Waals surface area (Å²) in [5.74, 6) is 0.181. The quantitative estimate of drug-likeness (QED) is 0.739. The molecule has 3 heteroatoms. The van der Waals surface area contributed by atoms with Gasteiger partial charge in [0.1, 0.15) is 0 Å². The first-order chi connectivity index (χ1) is 8.86. The number of rotatable bonds is 6. The summed E-state index contributed by atoms with van der Waals surface area (Å²) in [5, 5.41) is 0. The molecule has 0 amide bonds. The first-order valence-electron chi connectivity index (χ1n) is 6.67. The molecule has 0 aliphatic carbocycles. The van der Waals surface area contributed by atoms with Crippen molar-refractivity contribution in [2.75, 3.05) is 27.3 Å². The fraction of sp³-hybridized carbons (Fsp3) is 0.562. The van der Waals surface area contributed by atoms with Crippen molar-refractivity contribution in [2.24, 2.45) is 0 Å². The second-order valence-electron chi connectivity index (χ2n) is 5.42. The summed E-state index contributed by atoms with van der Waals surface area (Å²) < 4.78 is 5.12. The minimum Gasteiger partial charge on any atom is -0.383 e. The monoisotopic (exact) mass is 263 g/mol. The third-order valence-corrected chi connectivity index (χ3v) is 3.51. The average Bonchev–Trinajstić information content (AvgIpc) is 2.27. The minimum atomic E-state index is 0.181. The molecule has 1 atom stereocenters. The van der Waals surface area contributed by atoms with Crippen LogP contribution in [0.15, 0.2) is 12.1 Å². The Morgan fingerprint density at radius 3 is 2.26 bits per heavy atom. The van der Waals surface area contributed by atoms with Crippen LogP contribution in [0.25, 0.3) is 0 Å². The van der Waals surface area contributed by atoms with Gasteiger partial charge in [-0.05, 0) is 45.9 Å². The molecule has 0 heterocycles. The molecule has 106 valence electrons. The zero-order valence-corrected chi connectivity index (χ0v) is 12.9. The lowest BCUT2D eigenvalue weighted by molar-refractivity contribution is 0.0840. The molecule has 0 saturated heterocycles. The zero-order valence-electron chi connectivity index (χ0n) is 12.9. The molecule has 0 aromatic heterocycles. The predicted octanol–water partition coefficient (Wildman–Crippen LogP) is 2.76. The molecular formula is C16H25NO2. The maximum absolute atomic E-state index is 12.4. The van der Waals surface area contributed by atoms with Crippen molar-refractivity contribution in [1.29, 1.82) is 0 Å². The van der Waals surface area contributed by atoms with Crippen LogP contribution >= 0.6 is 0 Å². The zero-order chi connectivity index (χ0) is 14.6. The maximum atomic E-state index is 12.4. The van der Waals surface area contributed by atoms with E-state index in [0.717, 1.165) is 16.7 Å². The number of hydrogen-bond donors (Lipinski definition) is 0. The molecule has 0 saturated carbocycles. The van der Waals surface area contributed by atoms with Crippen LogP contribution in [0.4, 0.5) is 0 Å². The lowest BCUT2D eigenvalue weighted by Gasteiger charge is -2.24. The highest BCUT2D eigenvalue weighted by atomic mass is 16.5. The van der Waals surface area contributed by atoms with Crippen molar-refractivity contribution in [3.63, 3.8) is 0 Å². The third kappa shape index (κ3) is 4.15. The molecule has 0 spiro atoms. The normalized spacial score (nSPS) is 12.8. The van der Waals surface area contributed by atoms with Crippen LogP contribution in [-0.2, 0) is 4.74 Å². The molecule has 0 aliphatic heterocycles. The molecule has 0 fully saturated rings. The number of ether oxygens (including phenoxy) is 1. The molecular weight excluding hydrogens is 238 g/mol. The summed E-state index contributed by atoms with van der Waals surface area (Å²) in [6, 6.07) is 4.37. The Morgan fingerprint density at radius 1 is 1.26 bits per heavy atom. The van der Waals surface area contributed by atoms with Crippen LogP contribution in [0.5, 0.6) is 0 Å². The minimum absolute atomic E-state index is 0.181. The molecule has 1 unspecified atom stereocenters. The third-order valence-electron chi connectivity index (χ3n) is 3.51. The Bertz CT molecular complexity index is 431. The fourth-order valence-electron chi connectivity index (χ4n) is 2.45. The molecule has 1 aromatic carbocycles. The summed E-state index contributed by atoms with van der Waals surface area (Å²) in [5.41, 5.74) is 4.19. The number of ketones is 1. The van der Waals surface area contributed by atoms with Gasteiger partial charge in [0.2, 0.25) is 0 Å². The van der Waals surface area contributed by atoms with Crippen LogP contribution in [0, 0.1) is 20.8 Å². The first kappa shape index (κ1) is 15.9. The highest BCUT2D eigenvalue weighted by molar-refractivity contribution is 6.00. The van der Waals surface area contributed by atoms with Crippen LogP contribution < -0.4 is 0 Å². The van der Waals surface area contributed by atoms with Crippen LogP contribution in [0.1, 0.15) is 34.0 Å². The summed E-state index contributed by atoms with van der Waals surface area (Å²) >= 11 is 0. The van der Waals surface area contributed by atoms with E-state index in [1.165, 1.54) is 5.56 Å². The van der Waals surface area contributed by atoms with Gasteiger partial charge < -0.3 is 4.74 Å². The number of hydrogen-bond acceptors (Lipinski definition) is 3. The van der Waals surface area contributed by atoms with E-state index in [1.54, 1.807) is 7.11 Å². The second-order valence-corrected chi connectivity index (χ2v) is 5.42. The lowest BCUT2D eigenvalue weighted by atomic mass is 9.96. The van der Waals surface area contributed by atoms with E-state index < -0.39 is 0 Å². The van der Waals surface area contributed by atoms with E-state index >= 15 is 0 Å². The molecule has 0 aliphatic rings. The van der Waals surface area contributed by atoms with Gasteiger partial charge in [0.25, 0.3) is 0 Å². The number of nitrogens with zero attached hydrogens (tertiary/aromatic N) is 1. The summed E-state index contributed by atoms with van der Waals surface area (Å²) in [6.45, 7) is 9.19. The van der Waals surface area contributed by atoms with Crippen LogP contribution in [0.2, 0.25) is 0 Å². The van der Waals surface area contributed by atoms with Gasteiger partial charge in [0, 0.05) is 18.7 Å². The average molecular weight is 263 g/mol. The van der Waals surface area contributed by atoms with Gasteiger partial charge in [-0.25, -0.2) is 0 Å². The number of carbonyl (C=O) groups excluding carboxylic acids is 1. The van der Waals surface area contributed by atoms with E-state index in [2.05, 4.69) is 26.0 Å². The summed E-state index contributed by atoms with van der Waals surface area (Å²) in [4.78, 5) is 14.5. The Balaban J connectivity index is 2.84. The predicted molar refractivity (Wildman–Crippen MR) is 79.0 cm³/mol. The molecule has 0 radical (unpaired) electrons. The maximum Gasteiger partial charge on any atom is 0.177 e. The molecule has 19 heavy (non-hydrogen) atoms. The van der Waals surface area contributed by atoms with Gasteiger partial charge in [-0.2, -0.15) is 0 Å². The van der Waals surface area contributed by atoms with Crippen molar-refractivity contribution < 1.29 is 9.53 Å². The first-order valence-corrected chi connectivity index (χ1v) is 6.67. The molecule has 0 bridgehead atoms. The van der Waals surface area contributed by atoms with E-state index in [-0.39, 0.29) is 11.8 Å².